The van der Waals surface area contributed by atoms with Gasteiger partial charge in [-0.15, -0.1) is 0 Å². The average Bonchev–Trinajstić information content (AvgIpc) is 2.36. The van der Waals surface area contributed by atoms with Gasteiger partial charge in [-0.2, -0.15) is 4.89 Å². The maximum Gasteiger partial charge on any atom is 0.171 e. The monoisotopic (exact) mass is 135 g/mol. The first kappa shape index (κ1) is 5.74. The molecule has 1 aliphatic heterocycles. The predicted molar refractivity (Wildman–Crippen MR) is 36.3 cm³/mol. The Morgan fingerprint density at radius 3 is 3.10 bits per heavy atom. The Bertz CT molecular complexity index is 255. The lowest BCUT2D eigenvalue weighted by molar-refractivity contribution is -0.194. The van der Waals surface area contributed by atoms with E-state index in [2.05, 4.69) is 6.92 Å². The summed E-state index contributed by atoms with van der Waals surface area (Å²) in [5, 5.41) is 0. The van der Waals surface area contributed by atoms with E-state index in [0.29, 0.717) is 6.61 Å². The molecular weight excluding hydrogens is 128 g/mol. The summed E-state index contributed by atoms with van der Waals surface area (Å²) in [5.41, 5.74) is 2.04. The van der Waals surface area contributed by atoms with E-state index in [9.17, 15) is 0 Å². The maximum atomic E-state index is 4.84. The molecule has 1 aromatic rings. The fourth-order valence-corrected chi connectivity index (χ4v) is 1.00. The van der Waals surface area contributed by atoms with Crippen molar-refractivity contribution in [1.29, 1.82) is 0 Å². The highest BCUT2D eigenvalue weighted by Gasteiger charge is 2.14. The molecule has 51 valence electrons. The zero-order valence-electron chi connectivity index (χ0n) is 5.46. The molecule has 0 unspecified atom stereocenters. The molecule has 0 fully saturated rings. The Morgan fingerprint density at radius 2 is 2.30 bits per heavy atom. The van der Waals surface area contributed by atoms with E-state index < -0.39 is 0 Å². The predicted octanol–water partition coefficient (Wildman–Crippen LogP) is 1.69. The summed E-state index contributed by atoms with van der Waals surface area (Å²) in [6, 6.07) is 5.71. The molecule has 1 aromatic carbocycles. The summed E-state index contributed by atoms with van der Waals surface area (Å²) in [6.07, 6.45) is 0. The summed E-state index contributed by atoms with van der Waals surface area (Å²) < 4.78 is 0. The summed E-state index contributed by atoms with van der Waals surface area (Å²) in [7, 11) is 0. The summed E-state index contributed by atoms with van der Waals surface area (Å²) in [5.74, 6) is 0.799. The second-order valence-corrected chi connectivity index (χ2v) is 2.24. The van der Waals surface area contributed by atoms with Crippen molar-refractivity contribution in [3.05, 3.63) is 36.2 Å². The van der Waals surface area contributed by atoms with Gasteiger partial charge in [0.25, 0.3) is 0 Å². The first-order valence-electron chi connectivity index (χ1n) is 3.11. The van der Waals surface area contributed by atoms with Crippen LogP contribution in [0.15, 0.2) is 18.2 Å². The van der Waals surface area contributed by atoms with E-state index in [-0.39, 0.29) is 0 Å². The number of fused-ring (bicyclic) bond motifs is 1. The van der Waals surface area contributed by atoms with Gasteiger partial charge in [-0.3, -0.25) is 0 Å². The van der Waals surface area contributed by atoms with Crippen LogP contribution in [0.5, 0.6) is 5.75 Å². The van der Waals surface area contributed by atoms with Crippen LogP contribution in [0.25, 0.3) is 0 Å². The highest BCUT2D eigenvalue weighted by Crippen LogP contribution is 2.27. The minimum atomic E-state index is 0.523. The Balaban J connectivity index is 2.59. The smallest absolute Gasteiger partial charge is 0.171 e. The van der Waals surface area contributed by atoms with Crippen LogP contribution in [0.1, 0.15) is 11.1 Å². The Labute approximate surface area is 59.3 Å². The summed E-state index contributed by atoms with van der Waals surface area (Å²) in [6.45, 7) is 4.36. The van der Waals surface area contributed by atoms with Crippen molar-refractivity contribution in [2.24, 2.45) is 0 Å². The molecule has 0 aromatic heterocycles. The molecule has 2 rings (SSSR count). The molecule has 0 saturated heterocycles. The molecule has 0 amide bonds. The van der Waals surface area contributed by atoms with Crippen LogP contribution in [0.3, 0.4) is 0 Å². The standard InChI is InChI=1S/C8H7O2/c1-6-3-2-4-8-7(6)5-9-10-8/h2-4H,1,5H2. The van der Waals surface area contributed by atoms with Crippen molar-refractivity contribution in [3.63, 3.8) is 0 Å². The van der Waals surface area contributed by atoms with Gasteiger partial charge in [0.2, 0.25) is 0 Å². The van der Waals surface area contributed by atoms with Gasteiger partial charge in [0.05, 0.1) is 0 Å². The molecule has 0 N–H and O–H groups in total. The van der Waals surface area contributed by atoms with Crippen molar-refractivity contribution in [2.45, 2.75) is 6.61 Å². The van der Waals surface area contributed by atoms with Crippen molar-refractivity contribution in [3.8, 4) is 5.75 Å². The third-order valence-electron chi connectivity index (χ3n) is 1.58. The summed E-state index contributed by atoms with van der Waals surface area (Å²) >= 11 is 0. The first-order valence-corrected chi connectivity index (χ1v) is 3.11. The highest BCUT2D eigenvalue weighted by atomic mass is 17.2. The molecule has 0 aliphatic carbocycles. The second kappa shape index (κ2) is 1.99. The molecule has 1 aliphatic rings. The van der Waals surface area contributed by atoms with Crippen molar-refractivity contribution < 1.29 is 9.78 Å². The first-order chi connectivity index (χ1) is 4.88. The molecule has 10 heavy (non-hydrogen) atoms. The lowest BCUT2D eigenvalue weighted by Crippen LogP contribution is -1.81. The number of benzene rings is 1. The van der Waals surface area contributed by atoms with Gasteiger partial charge in [-0.1, -0.05) is 12.1 Å². The van der Waals surface area contributed by atoms with Crippen LogP contribution >= 0.6 is 0 Å². The highest BCUT2D eigenvalue weighted by molar-refractivity contribution is 5.42. The Kier molecular flexibility index (Phi) is 1.14. The van der Waals surface area contributed by atoms with Gasteiger partial charge in [0.15, 0.2) is 5.75 Å². The molecule has 1 heterocycles. The van der Waals surface area contributed by atoms with Gasteiger partial charge in [-0.05, 0) is 18.6 Å². The molecule has 2 nitrogen and oxygen atoms in total. The van der Waals surface area contributed by atoms with Crippen LogP contribution in [-0.2, 0) is 11.5 Å². The third kappa shape index (κ3) is 0.693. The number of hydrogen-bond acceptors (Lipinski definition) is 2. The van der Waals surface area contributed by atoms with E-state index in [4.69, 9.17) is 9.78 Å². The number of rotatable bonds is 0. The largest absolute Gasteiger partial charge is 0.337 e. The topological polar surface area (TPSA) is 18.5 Å². The molecule has 2 heteroatoms. The minimum absolute atomic E-state index is 0.523. The van der Waals surface area contributed by atoms with Crippen LogP contribution < -0.4 is 4.89 Å². The van der Waals surface area contributed by atoms with Gasteiger partial charge in [0, 0.05) is 5.56 Å². The van der Waals surface area contributed by atoms with Crippen molar-refractivity contribution >= 4 is 0 Å². The van der Waals surface area contributed by atoms with Crippen LogP contribution in [-0.4, -0.2) is 0 Å². The minimum Gasteiger partial charge on any atom is -0.337 e. The Hall–Kier alpha value is -1.02. The van der Waals surface area contributed by atoms with Gasteiger partial charge in [0.1, 0.15) is 6.61 Å². The SMILES string of the molecule is [CH2]c1cccc2c1COO2. The van der Waals surface area contributed by atoms with Gasteiger partial charge in [-0.25, -0.2) is 0 Å². The fraction of sp³-hybridized carbons (Fsp3) is 0.125. The lowest BCUT2D eigenvalue weighted by atomic mass is 10.1. The molecule has 0 atom stereocenters. The normalized spacial score (nSPS) is 14.5. The Morgan fingerprint density at radius 1 is 1.40 bits per heavy atom. The quantitative estimate of drug-likeness (QED) is 0.504. The maximum absolute atomic E-state index is 4.84. The van der Waals surface area contributed by atoms with Gasteiger partial charge >= 0.3 is 0 Å². The van der Waals surface area contributed by atoms with E-state index in [1.807, 2.05) is 18.2 Å². The van der Waals surface area contributed by atoms with Crippen LogP contribution in [0, 0.1) is 6.92 Å². The molecule has 0 spiro atoms. The average molecular weight is 135 g/mol. The summed E-state index contributed by atoms with van der Waals surface area (Å²) in [4.78, 5) is 9.60. The van der Waals surface area contributed by atoms with E-state index in [0.717, 1.165) is 16.9 Å². The van der Waals surface area contributed by atoms with Crippen LogP contribution in [0.2, 0.25) is 0 Å². The molecule has 0 bridgehead atoms. The van der Waals surface area contributed by atoms with E-state index >= 15 is 0 Å². The van der Waals surface area contributed by atoms with E-state index in [1.54, 1.807) is 0 Å². The van der Waals surface area contributed by atoms with E-state index in [1.165, 1.54) is 0 Å². The third-order valence-corrected chi connectivity index (χ3v) is 1.58. The van der Waals surface area contributed by atoms with Crippen molar-refractivity contribution in [2.75, 3.05) is 0 Å². The molecule has 0 saturated carbocycles. The second-order valence-electron chi connectivity index (χ2n) is 2.24. The lowest BCUT2D eigenvalue weighted by Gasteiger charge is -1.95. The number of hydrogen-bond donors (Lipinski definition) is 0. The van der Waals surface area contributed by atoms with Crippen molar-refractivity contribution in [1.82, 2.24) is 0 Å². The fourth-order valence-electron chi connectivity index (χ4n) is 1.00. The van der Waals surface area contributed by atoms with Gasteiger partial charge < -0.3 is 4.89 Å². The molecular formula is C8H7O2. The van der Waals surface area contributed by atoms with Crippen LogP contribution in [0.4, 0.5) is 0 Å². The zero-order chi connectivity index (χ0) is 6.97. The molecule has 1 radical (unpaired) electrons. The zero-order valence-corrected chi connectivity index (χ0v) is 5.46.